The summed E-state index contributed by atoms with van der Waals surface area (Å²) < 4.78 is 0. The smallest absolute Gasteiger partial charge is 0.0665 e. The quantitative estimate of drug-likeness (QED) is 0.168. The first kappa shape index (κ1) is 29.6. The molecule has 1 nitrogen and oxygen atoms in total. The van der Waals surface area contributed by atoms with Crippen LogP contribution in [0.1, 0.15) is 18.1 Å². The molecule has 9 aromatic carbocycles. The Morgan fingerprint density at radius 1 is 0.392 bits per heavy atom. The Bertz CT molecular complexity index is 2840. The van der Waals surface area contributed by atoms with Gasteiger partial charge in [0.05, 0.1) is 11.4 Å². The highest BCUT2D eigenvalue weighted by Crippen LogP contribution is 2.46. The lowest BCUT2D eigenvalue weighted by atomic mass is 9.84. The van der Waals surface area contributed by atoms with E-state index in [0.717, 1.165) is 12.1 Å². The highest BCUT2D eigenvalue weighted by atomic mass is 14.8. The standard InChI is InChI=1S/C50H35N/c1-32-28-40-14-6-9-17-47(40)51-50(32)36-22-18-35(19-23-36)39-26-27-45-46(31-39)49(42-25-21-34-11-3-5-13-38(34)30-42)44-16-8-7-15-43(44)48(45)41-24-20-33-10-2-4-12-37(33)29-41/h2-27,29-32H,28H2,1H3. The van der Waals surface area contributed by atoms with Crippen molar-refractivity contribution in [2.75, 3.05) is 0 Å². The van der Waals surface area contributed by atoms with Crippen LogP contribution >= 0.6 is 0 Å². The van der Waals surface area contributed by atoms with Crippen LogP contribution in [0.25, 0.3) is 76.5 Å². The first-order valence-corrected chi connectivity index (χ1v) is 17.9. The summed E-state index contributed by atoms with van der Waals surface area (Å²) in [6.07, 6.45) is 1.02. The molecular formula is C50H35N. The Hall–Kier alpha value is -6.31. The van der Waals surface area contributed by atoms with Crippen molar-refractivity contribution in [1.82, 2.24) is 0 Å². The monoisotopic (exact) mass is 649 g/mol. The topological polar surface area (TPSA) is 12.4 Å². The zero-order valence-electron chi connectivity index (χ0n) is 28.5. The molecule has 1 unspecified atom stereocenters. The lowest BCUT2D eigenvalue weighted by molar-refractivity contribution is 0.755. The lowest BCUT2D eigenvalue weighted by Gasteiger charge is -2.22. The Morgan fingerprint density at radius 3 is 1.55 bits per heavy atom. The van der Waals surface area contributed by atoms with Gasteiger partial charge in [0.1, 0.15) is 0 Å². The minimum absolute atomic E-state index is 0.373. The molecule has 51 heavy (non-hydrogen) atoms. The van der Waals surface area contributed by atoms with E-state index in [9.17, 15) is 0 Å². The summed E-state index contributed by atoms with van der Waals surface area (Å²) in [4.78, 5) is 5.11. The van der Waals surface area contributed by atoms with Gasteiger partial charge in [-0.05, 0) is 118 Å². The summed E-state index contributed by atoms with van der Waals surface area (Å²) in [5, 5.41) is 10.1. The predicted molar refractivity (Wildman–Crippen MR) is 218 cm³/mol. The number of nitrogens with zero attached hydrogens (tertiary/aromatic N) is 1. The SMILES string of the molecule is CC1Cc2ccccc2N=C1c1ccc(-c2ccc3c(-c4ccc5ccccc5c4)c4ccccc4c(-c4ccc5ccccc5c4)c3c2)cc1. The van der Waals surface area contributed by atoms with Crippen molar-refractivity contribution >= 4 is 54.5 Å². The molecule has 240 valence electrons. The molecule has 0 N–H and O–H groups in total. The van der Waals surface area contributed by atoms with Crippen molar-refractivity contribution in [3.63, 3.8) is 0 Å². The van der Waals surface area contributed by atoms with Crippen LogP contribution in [0.15, 0.2) is 181 Å². The third-order valence-electron chi connectivity index (χ3n) is 10.8. The number of aliphatic imine (C=N–C) groups is 1. The summed E-state index contributed by atoms with van der Waals surface area (Å²) in [5.74, 6) is 0.373. The minimum atomic E-state index is 0.373. The predicted octanol–water partition coefficient (Wildman–Crippen LogP) is 13.6. The van der Waals surface area contributed by atoms with E-state index in [0.29, 0.717) is 5.92 Å². The van der Waals surface area contributed by atoms with Gasteiger partial charge < -0.3 is 0 Å². The number of hydrogen-bond donors (Lipinski definition) is 0. The number of rotatable bonds is 4. The molecule has 1 heterocycles. The fourth-order valence-corrected chi connectivity index (χ4v) is 8.31. The first-order valence-electron chi connectivity index (χ1n) is 17.9. The molecular weight excluding hydrogens is 615 g/mol. The van der Waals surface area contributed by atoms with Gasteiger partial charge in [-0.25, -0.2) is 0 Å². The van der Waals surface area contributed by atoms with Gasteiger partial charge in [-0.1, -0.05) is 159 Å². The molecule has 10 rings (SSSR count). The van der Waals surface area contributed by atoms with Gasteiger partial charge in [-0.2, -0.15) is 0 Å². The van der Waals surface area contributed by atoms with Gasteiger partial charge in [0.15, 0.2) is 0 Å². The molecule has 1 aliphatic heterocycles. The maximum atomic E-state index is 5.11. The van der Waals surface area contributed by atoms with E-state index in [2.05, 4.69) is 183 Å². The van der Waals surface area contributed by atoms with Crippen LogP contribution in [0.3, 0.4) is 0 Å². The van der Waals surface area contributed by atoms with E-state index < -0.39 is 0 Å². The van der Waals surface area contributed by atoms with Crippen molar-refractivity contribution in [3.8, 4) is 33.4 Å². The van der Waals surface area contributed by atoms with Crippen molar-refractivity contribution in [2.24, 2.45) is 10.9 Å². The molecule has 0 saturated carbocycles. The average molecular weight is 650 g/mol. The van der Waals surface area contributed by atoms with Crippen LogP contribution in [0.2, 0.25) is 0 Å². The van der Waals surface area contributed by atoms with Crippen molar-refractivity contribution in [1.29, 1.82) is 0 Å². The van der Waals surface area contributed by atoms with Crippen molar-refractivity contribution < 1.29 is 0 Å². The Morgan fingerprint density at radius 2 is 0.882 bits per heavy atom. The maximum absolute atomic E-state index is 5.11. The molecule has 0 fully saturated rings. The average Bonchev–Trinajstić information content (AvgIpc) is 3.19. The van der Waals surface area contributed by atoms with Crippen LogP contribution in [-0.2, 0) is 6.42 Å². The van der Waals surface area contributed by atoms with E-state index in [4.69, 9.17) is 4.99 Å². The summed E-state index contributed by atoms with van der Waals surface area (Å²) in [7, 11) is 0. The van der Waals surface area contributed by atoms with E-state index in [1.54, 1.807) is 0 Å². The molecule has 1 aliphatic rings. The van der Waals surface area contributed by atoms with Crippen molar-refractivity contribution in [3.05, 3.63) is 187 Å². The molecule has 1 atom stereocenters. The zero-order chi connectivity index (χ0) is 33.9. The Labute approximate surface area is 298 Å². The summed E-state index contributed by atoms with van der Waals surface area (Å²) in [5.41, 5.74) is 12.2. The number of para-hydroxylation sites is 1. The number of benzene rings is 9. The third kappa shape index (κ3) is 5.04. The second kappa shape index (κ2) is 11.9. The molecule has 0 bridgehead atoms. The molecule has 0 aliphatic carbocycles. The second-order valence-corrected chi connectivity index (χ2v) is 14.0. The molecule has 0 saturated heterocycles. The van der Waals surface area contributed by atoms with Crippen LogP contribution in [0, 0.1) is 5.92 Å². The summed E-state index contributed by atoms with van der Waals surface area (Å²) >= 11 is 0. The Balaban J connectivity index is 1.19. The van der Waals surface area contributed by atoms with Gasteiger partial charge in [0.2, 0.25) is 0 Å². The normalized spacial score (nSPS) is 14.2. The van der Waals surface area contributed by atoms with Crippen LogP contribution in [0.4, 0.5) is 5.69 Å². The second-order valence-electron chi connectivity index (χ2n) is 14.0. The number of fused-ring (bicyclic) bond motifs is 5. The molecule has 0 spiro atoms. The van der Waals surface area contributed by atoms with E-state index in [1.807, 2.05) is 0 Å². The Kier molecular flexibility index (Phi) is 6.92. The van der Waals surface area contributed by atoms with Gasteiger partial charge >= 0.3 is 0 Å². The maximum Gasteiger partial charge on any atom is 0.0665 e. The van der Waals surface area contributed by atoms with Gasteiger partial charge in [-0.15, -0.1) is 0 Å². The van der Waals surface area contributed by atoms with Gasteiger partial charge in [-0.3, -0.25) is 4.99 Å². The highest BCUT2D eigenvalue weighted by molar-refractivity contribution is 6.22. The van der Waals surface area contributed by atoms with Crippen molar-refractivity contribution in [2.45, 2.75) is 13.3 Å². The van der Waals surface area contributed by atoms with Crippen LogP contribution < -0.4 is 0 Å². The summed E-state index contributed by atoms with van der Waals surface area (Å²) in [6, 6.07) is 64.7. The fraction of sp³-hybridized carbons (Fsp3) is 0.0600. The van der Waals surface area contributed by atoms with Gasteiger partial charge in [0, 0.05) is 5.92 Å². The van der Waals surface area contributed by atoms with Gasteiger partial charge in [0.25, 0.3) is 0 Å². The van der Waals surface area contributed by atoms with E-state index in [1.165, 1.54) is 93.3 Å². The highest BCUT2D eigenvalue weighted by Gasteiger charge is 2.21. The first-order chi connectivity index (χ1) is 25.2. The zero-order valence-corrected chi connectivity index (χ0v) is 28.5. The fourth-order valence-electron chi connectivity index (χ4n) is 8.31. The van der Waals surface area contributed by atoms with Crippen LogP contribution in [-0.4, -0.2) is 5.71 Å². The molecule has 9 aromatic rings. The van der Waals surface area contributed by atoms with E-state index in [-0.39, 0.29) is 0 Å². The third-order valence-corrected chi connectivity index (χ3v) is 10.8. The lowest BCUT2D eigenvalue weighted by Crippen LogP contribution is -2.18. The molecule has 1 heteroatoms. The van der Waals surface area contributed by atoms with Crippen LogP contribution in [0.5, 0.6) is 0 Å². The minimum Gasteiger partial charge on any atom is -0.252 e. The largest absolute Gasteiger partial charge is 0.252 e. The molecule has 0 aromatic heterocycles. The van der Waals surface area contributed by atoms with E-state index >= 15 is 0 Å². The summed E-state index contributed by atoms with van der Waals surface area (Å²) in [6.45, 7) is 2.29. The number of hydrogen-bond acceptors (Lipinski definition) is 1. The molecule has 0 radical (unpaired) electrons. The molecule has 0 amide bonds.